The van der Waals surface area contributed by atoms with Crippen LogP contribution in [0, 0.1) is 6.92 Å². The van der Waals surface area contributed by atoms with Crippen LogP contribution in [0.15, 0.2) is 23.2 Å². The second kappa shape index (κ2) is 17.0. The molecule has 0 atom stereocenters. The number of rotatable bonds is 13. The number of ether oxygens (including phenoxy) is 4. The third-order valence-corrected chi connectivity index (χ3v) is 3.55. The Bertz CT molecular complexity index is 530. The molecule has 27 heavy (non-hydrogen) atoms. The average molecular weight is 495 g/mol. The highest BCUT2D eigenvalue weighted by atomic mass is 127. The lowest BCUT2D eigenvalue weighted by Crippen LogP contribution is -2.38. The summed E-state index contributed by atoms with van der Waals surface area (Å²) in [4.78, 5) is 4.22. The normalized spacial score (nSPS) is 11.0. The van der Waals surface area contributed by atoms with Gasteiger partial charge in [-0.1, -0.05) is 12.1 Å². The molecule has 1 aromatic rings. The van der Waals surface area contributed by atoms with Gasteiger partial charge in [-0.05, 0) is 25.5 Å². The first-order valence-corrected chi connectivity index (χ1v) is 9.02. The number of nitrogens with zero attached hydrogens (tertiary/aromatic N) is 1. The number of aliphatic imine (C=N–C) groups is 1. The Morgan fingerprint density at radius 3 is 2.52 bits per heavy atom. The summed E-state index contributed by atoms with van der Waals surface area (Å²) in [5.41, 5.74) is 2.24. The van der Waals surface area contributed by atoms with Crippen LogP contribution >= 0.6 is 24.0 Å². The van der Waals surface area contributed by atoms with Crippen molar-refractivity contribution in [2.24, 2.45) is 4.99 Å². The molecule has 1 rings (SSSR count). The summed E-state index contributed by atoms with van der Waals surface area (Å²) < 4.78 is 21.6. The molecule has 0 unspecified atom stereocenters. The number of hydrogen-bond acceptors (Lipinski definition) is 5. The largest absolute Gasteiger partial charge is 0.491 e. The highest BCUT2D eigenvalue weighted by Crippen LogP contribution is 2.20. The van der Waals surface area contributed by atoms with E-state index in [-0.39, 0.29) is 24.0 Å². The Morgan fingerprint density at radius 1 is 1.04 bits per heavy atom. The average Bonchev–Trinajstić information content (AvgIpc) is 2.65. The standard InChI is InChI=1S/C19H33N3O4.HI/c1-5-24-12-13-26-18-14-16(2)6-7-17(18)15-22-19(20-3)21-8-9-25-11-10-23-4;/h6-7,14H,5,8-13,15H2,1-4H3,(H2,20,21,22);1H. The van der Waals surface area contributed by atoms with E-state index < -0.39 is 0 Å². The van der Waals surface area contributed by atoms with Crippen molar-refractivity contribution in [1.82, 2.24) is 10.6 Å². The molecule has 0 saturated carbocycles. The number of hydrogen-bond donors (Lipinski definition) is 2. The van der Waals surface area contributed by atoms with Gasteiger partial charge < -0.3 is 29.6 Å². The SMILES string of the molecule is CCOCCOc1cc(C)ccc1CNC(=NC)NCCOCCOC.I. The topological polar surface area (TPSA) is 73.3 Å². The van der Waals surface area contributed by atoms with Gasteiger partial charge >= 0.3 is 0 Å². The van der Waals surface area contributed by atoms with E-state index in [1.807, 2.05) is 13.0 Å². The van der Waals surface area contributed by atoms with Crippen molar-refractivity contribution >= 4 is 29.9 Å². The Morgan fingerprint density at radius 2 is 1.81 bits per heavy atom. The smallest absolute Gasteiger partial charge is 0.191 e. The van der Waals surface area contributed by atoms with Crippen molar-refractivity contribution in [2.75, 3.05) is 60.3 Å². The van der Waals surface area contributed by atoms with E-state index in [0.29, 0.717) is 52.7 Å². The maximum absolute atomic E-state index is 5.86. The summed E-state index contributed by atoms with van der Waals surface area (Å²) in [5.74, 6) is 1.59. The molecule has 0 aliphatic heterocycles. The lowest BCUT2D eigenvalue weighted by atomic mass is 10.1. The molecule has 156 valence electrons. The van der Waals surface area contributed by atoms with Gasteiger partial charge in [0.15, 0.2) is 5.96 Å². The van der Waals surface area contributed by atoms with Crippen molar-refractivity contribution in [3.8, 4) is 5.75 Å². The predicted molar refractivity (Wildman–Crippen MR) is 119 cm³/mol. The maximum atomic E-state index is 5.86. The van der Waals surface area contributed by atoms with Gasteiger partial charge in [0, 0.05) is 39.4 Å². The van der Waals surface area contributed by atoms with E-state index in [9.17, 15) is 0 Å². The molecule has 0 bridgehead atoms. The molecule has 0 fully saturated rings. The first-order chi connectivity index (χ1) is 12.7. The summed E-state index contributed by atoms with van der Waals surface area (Å²) in [6.07, 6.45) is 0. The fourth-order valence-electron chi connectivity index (χ4n) is 2.18. The molecule has 0 aliphatic rings. The molecule has 7 nitrogen and oxygen atoms in total. The highest BCUT2D eigenvalue weighted by Gasteiger charge is 2.06. The van der Waals surface area contributed by atoms with Crippen LogP contribution in [0.25, 0.3) is 0 Å². The zero-order valence-electron chi connectivity index (χ0n) is 16.9. The number of guanidine groups is 1. The van der Waals surface area contributed by atoms with E-state index in [4.69, 9.17) is 18.9 Å². The van der Waals surface area contributed by atoms with Crippen LogP contribution in [0.1, 0.15) is 18.1 Å². The van der Waals surface area contributed by atoms with Crippen LogP contribution in [-0.4, -0.2) is 66.3 Å². The Kier molecular flexibility index (Phi) is 16.3. The minimum Gasteiger partial charge on any atom is -0.491 e. The molecule has 0 heterocycles. The quantitative estimate of drug-likeness (QED) is 0.190. The van der Waals surface area contributed by atoms with E-state index >= 15 is 0 Å². The van der Waals surface area contributed by atoms with Gasteiger partial charge in [0.25, 0.3) is 0 Å². The third-order valence-electron chi connectivity index (χ3n) is 3.55. The summed E-state index contributed by atoms with van der Waals surface area (Å²) >= 11 is 0. The molecular weight excluding hydrogens is 461 g/mol. The molecule has 0 radical (unpaired) electrons. The van der Waals surface area contributed by atoms with Crippen LogP contribution in [-0.2, 0) is 20.8 Å². The molecule has 2 N–H and O–H groups in total. The van der Waals surface area contributed by atoms with E-state index in [1.54, 1.807) is 14.2 Å². The van der Waals surface area contributed by atoms with Crippen molar-refractivity contribution in [1.29, 1.82) is 0 Å². The van der Waals surface area contributed by atoms with Crippen molar-refractivity contribution in [3.63, 3.8) is 0 Å². The first-order valence-electron chi connectivity index (χ1n) is 9.02. The molecule has 1 aromatic carbocycles. The lowest BCUT2D eigenvalue weighted by molar-refractivity contribution is 0.0733. The van der Waals surface area contributed by atoms with Gasteiger partial charge in [-0.3, -0.25) is 4.99 Å². The summed E-state index contributed by atoms with van der Waals surface area (Å²) in [5, 5.41) is 6.52. The zero-order valence-corrected chi connectivity index (χ0v) is 19.2. The lowest BCUT2D eigenvalue weighted by Gasteiger charge is -2.15. The van der Waals surface area contributed by atoms with Crippen molar-refractivity contribution in [2.45, 2.75) is 20.4 Å². The number of methoxy groups -OCH3 is 1. The Balaban J connectivity index is 0.00000676. The van der Waals surface area contributed by atoms with E-state index in [0.717, 1.165) is 22.8 Å². The maximum Gasteiger partial charge on any atom is 0.191 e. The Hall–Kier alpha value is -1.10. The highest BCUT2D eigenvalue weighted by molar-refractivity contribution is 14.0. The van der Waals surface area contributed by atoms with Gasteiger partial charge in [-0.15, -0.1) is 24.0 Å². The third kappa shape index (κ3) is 12.1. The monoisotopic (exact) mass is 495 g/mol. The second-order valence-corrected chi connectivity index (χ2v) is 5.61. The summed E-state index contributed by atoms with van der Waals surface area (Å²) in [6.45, 7) is 8.94. The van der Waals surface area contributed by atoms with Gasteiger partial charge in [-0.2, -0.15) is 0 Å². The predicted octanol–water partition coefficient (Wildman–Crippen LogP) is 2.36. The van der Waals surface area contributed by atoms with Crippen LogP contribution in [0.5, 0.6) is 5.75 Å². The van der Waals surface area contributed by atoms with Gasteiger partial charge in [0.05, 0.1) is 26.4 Å². The fraction of sp³-hybridized carbons (Fsp3) is 0.632. The van der Waals surface area contributed by atoms with E-state index in [1.165, 1.54) is 0 Å². The second-order valence-electron chi connectivity index (χ2n) is 5.61. The molecule has 0 aromatic heterocycles. The molecule has 8 heteroatoms. The van der Waals surface area contributed by atoms with Crippen LogP contribution in [0.2, 0.25) is 0 Å². The summed E-state index contributed by atoms with van der Waals surface area (Å²) in [6, 6.07) is 6.19. The number of aryl methyl sites for hydroxylation is 1. The molecule has 0 aliphatic carbocycles. The van der Waals surface area contributed by atoms with Crippen LogP contribution in [0.3, 0.4) is 0 Å². The fourth-order valence-corrected chi connectivity index (χ4v) is 2.18. The molecule has 0 saturated heterocycles. The minimum absolute atomic E-state index is 0. The minimum atomic E-state index is 0. The number of halogens is 1. The summed E-state index contributed by atoms with van der Waals surface area (Å²) in [7, 11) is 3.41. The first kappa shape index (κ1) is 25.9. The Labute approximate surface area is 180 Å². The van der Waals surface area contributed by atoms with Crippen molar-refractivity contribution < 1.29 is 18.9 Å². The molecule has 0 amide bonds. The molecule has 0 spiro atoms. The van der Waals surface area contributed by atoms with Gasteiger partial charge in [0.1, 0.15) is 12.4 Å². The van der Waals surface area contributed by atoms with Crippen LogP contribution in [0.4, 0.5) is 0 Å². The van der Waals surface area contributed by atoms with Crippen molar-refractivity contribution in [3.05, 3.63) is 29.3 Å². The zero-order chi connectivity index (χ0) is 19.0. The van der Waals surface area contributed by atoms with Gasteiger partial charge in [-0.25, -0.2) is 0 Å². The van der Waals surface area contributed by atoms with Crippen LogP contribution < -0.4 is 15.4 Å². The van der Waals surface area contributed by atoms with E-state index in [2.05, 4.69) is 34.7 Å². The number of nitrogens with one attached hydrogen (secondary N) is 2. The number of benzene rings is 1. The van der Waals surface area contributed by atoms with Gasteiger partial charge in [0.2, 0.25) is 0 Å². The molecular formula is C19H34IN3O4.